The van der Waals surface area contributed by atoms with Crippen LogP contribution >= 0.6 is 0 Å². The lowest BCUT2D eigenvalue weighted by molar-refractivity contribution is -0.135. The first-order valence-corrected chi connectivity index (χ1v) is 18.2. The summed E-state index contributed by atoms with van der Waals surface area (Å²) in [6, 6.07) is 29.7. The summed E-state index contributed by atoms with van der Waals surface area (Å²) in [4.78, 5) is 62.5. The van der Waals surface area contributed by atoms with E-state index >= 15 is 14.0 Å². The molecule has 9 rings (SSSR count). The van der Waals surface area contributed by atoms with Crippen molar-refractivity contribution in [2.24, 2.45) is 23.7 Å². The van der Waals surface area contributed by atoms with E-state index in [0.29, 0.717) is 35.6 Å². The van der Waals surface area contributed by atoms with Crippen molar-refractivity contribution in [3.05, 3.63) is 143 Å². The maximum absolute atomic E-state index is 15.3. The van der Waals surface area contributed by atoms with E-state index in [-0.39, 0.29) is 47.4 Å². The fraction of sp³-hybridized carbons (Fsp3) is 0.273. The topological polar surface area (TPSA) is 104 Å². The van der Waals surface area contributed by atoms with E-state index < -0.39 is 46.6 Å². The van der Waals surface area contributed by atoms with Crippen molar-refractivity contribution in [2.45, 2.75) is 24.2 Å². The number of anilines is 2. The monoisotopic (exact) mass is 708 g/mol. The zero-order valence-corrected chi connectivity index (χ0v) is 28.9. The van der Waals surface area contributed by atoms with Gasteiger partial charge in [0.1, 0.15) is 0 Å². The van der Waals surface area contributed by atoms with Gasteiger partial charge in [-0.3, -0.25) is 24.1 Å². The van der Waals surface area contributed by atoms with Crippen molar-refractivity contribution in [3.8, 4) is 5.75 Å². The molecular formula is C44H37FN2O6. The standard InChI is InChI=1S/C44H37FN2O6/c45-36-13-7-12-32(41(36)50)39-30-18-19-31-38(43(52)47(42(31)51)29-16-14-28(15-17-29)46-20-22-53-23-21-46)34(30)24-35-40(49)33(26-8-3-1-4-9-26)25-37(48)44(35,39)27-10-5-2-6-11-27/h1-18,25,31,34-35,38-39,50H,19-24H2/t31-,34+,35-,38-,39+,44-/m0/s1. The highest BCUT2D eigenvalue weighted by Crippen LogP contribution is 2.64. The molecule has 3 fully saturated rings. The van der Waals surface area contributed by atoms with Gasteiger partial charge in [-0.05, 0) is 66.3 Å². The lowest BCUT2D eigenvalue weighted by Gasteiger charge is -2.55. The van der Waals surface area contributed by atoms with Crippen LogP contribution in [0, 0.1) is 29.5 Å². The number of Topliss-reactive ketones (excluding diaryl/α,β-unsaturated/α-hetero) is 1. The summed E-state index contributed by atoms with van der Waals surface area (Å²) < 4.78 is 20.8. The number of morpholine rings is 1. The van der Waals surface area contributed by atoms with Gasteiger partial charge < -0.3 is 14.7 Å². The largest absolute Gasteiger partial charge is 0.505 e. The number of ether oxygens (including phenoxy) is 1. The lowest BCUT2D eigenvalue weighted by atomic mass is 9.44. The van der Waals surface area contributed by atoms with Crippen molar-refractivity contribution in [2.75, 3.05) is 36.1 Å². The number of allylic oxidation sites excluding steroid dienone is 4. The molecule has 0 aromatic heterocycles. The fourth-order valence-corrected chi connectivity index (χ4v) is 9.87. The molecule has 2 saturated heterocycles. The van der Waals surface area contributed by atoms with Crippen LogP contribution in [0.1, 0.15) is 35.4 Å². The van der Waals surface area contributed by atoms with Gasteiger partial charge in [-0.1, -0.05) is 84.4 Å². The number of benzene rings is 4. The van der Waals surface area contributed by atoms with Crippen LogP contribution in [-0.2, 0) is 29.3 Å². The predicted molar refractivity (Wildman–Crippen MR) is 197 cm³/mol. The minimum Gasteiger partial charge on any atom is -0.505 e. The maximum atomic E-state index is 15.3. The first-order valence-electron chi connectivity index (χ1n) is 18.2. The molecule has 2 heterocycles. The van der Waals surface area contributed by atoms with E-state index in [1.54, 1.807) is 54.6 Å². The molecular weight excluding hydrogens is 671 g/mol. The van der Waals surface area contributed by atoms with Gasteiger partial charge in [0, 0.05) is 41.7 Å². The van der Waals surface area contributed by atoms with Crippen LogP contribution in [-0.4, -0.2) is 54.8 Å². The molecule has 4 aromatic rings. The molecule has 2 amide bonds. The van der Waals surface area contributed by atoms with Crippen molar-refractivity contribution < 1.29 is 33.4 Å². The van der Waals surface area contributed by atoms with Crippen LogP contribution in [0.25, 0.3) is 5.57 Å². The second kappa shape index (κ2) is 12.8. The van der Waals surface area contributed by atoms with Gasteiger partial charge in [0.25, 0.3) is 0 Å². The van der Waals surface area contributed by atoms with Gasteiger partial charge in [-0.15, -0.1) is 0 Å². The summed E-state index contributed by atoms with van der Waals surface area (Å²) in [5.41, 5.74) is 2.15. The molecule has 1 N–H and O–H groups in total. The van der Waals surface area contributed by atoms with Gasteiger partial charge in [-0.25, -0.2) is 4.39 Å². The van der Waals surface area contributed by atoms with Gasteiger partial charge in [-0.2, -0.15) is 0 Å². The second-order valence-corrected chi connectivity index (χ2v) is 14.6. The van der Waals surface area contributed by atoms with Crippen molar-refractivity contribution in [1.29, 1.82) is 0 Å². The smallest absolute Gasteiger partial charge is 0.238 e. The summed E-state index contributed by atoms with van der Waals surface area (Å²) in [6.07, 6.45) is 3.65. The molecule has 0 radical (unpaired) electrons. The number of carbonyl (C=O) groups is 4. The summed E-state index contributed by atoms with van der Waals surface area (Å²) in [6.45, 7) is 2.75. The Bertz CT molecular complexity index is 2210. The van der Waals surface area contributed by atoms with E-state index in [4.69, 9.17) is 4.74 Å². The van der Waals surface area contributed by atoms with Gasteiger partial charge >= 0.3 is 0 Å². The number of amides is 2. The Morgan fingerprint density at radius 3 is 2.15 bits per heavy atom. The third-order valence-electron chi connectivity index (χ3n) is 12.2. The maximum Gasteiger partial charge on any atom is 0.238 e. The van der Waals surface area contributed by atoms with Crippen LogP contribution in [0.5, 0.6) is 5.75 Å². The Balaban J connectivity index is 1.19. The molecule has 266 valence electrons. The Labute approximate surface area is 306 Å². The van der Waals surface area contributed by atoms with E-state index in [9.17, 15) is 14.7 Å². The number of rotatable bonds is 5. The zero-order valence-electron chi connectivity index (χ0n) is 28.9. The van der Waals surface area contributed by atoms with Crippen LogP contribution in [0.3, 0.4) is 0 Å². The highest BCUT2D eigenvalue weighted by Gasteiger charge is 2.66. The van der Waals surface area contributed by atoms with E-state index in [0.717, 1.165) is 24.8 Å². The number of para-hydroxylation sites is 1. The molecule has 2 aliphatic heterocycles. The molecule has 9 heteroatoms. The van der Waals surface area contributed by atoms with E-state index in [1.165, 1.54) is 17.0 Å². The third kappa shape index (κ3) is 4.97. The fourth-order valence-electron chi connectivity index (χ4n) is 9.87. The molecule has 6 atom stereocenters. The second-order valence-electron chi connectivity index (χ2n) is 14.6. The Morgan fingerprint density at radius 1 is 0.755 bits per heavy atom. The first-order chi connectivity index (χ1) is 25.8. The number of phenolic OH excluding ortho intramolecular Hbond substituents is 1. The average Bonchev–Trinajstić information content (AvgIpc) is 3.46. The normalized spacial score (nSPS) is 28.2. The molecule has 0 spiro atoms. The number of carbonyl (C=O) groups excluding carboxylic acids is 4. The quantitative estimate of drug-likeness (QED) is 0.189. The first kappa shape index (κ1) is 33.2. The molecule has 1 saturated carbocycles. The SMILES string of the molecule is O=C1C(c2ccccc2)=CC(=O)[C@@]2(c3ccccc3)[C@@H](c3cccc(F)c3O)C3=CC[C@@H]4C(=O)N(c5ccc(N6CCOCC6)cc5)C(=O)[C@@H]4[C@@H]3C[C@@H]12. The number of ketones is 2. The molecule has 8 nitrogen and oxygen atoms in total. The number of hydrogen-bond acceptors (Lipinski definition) is 7. The number of halogens is 1. The van der Waals surface area contributed by atoms with Crippen LogP contribution < -0.4 is 9.80 Å². The minimum atomic E-state index is -1.56. The Kier molecular flexibility index (Phi) is 8.00. The van der Waals surface area contributed by atoms with E-state index in [1.807, 2.05) is 42.5 Å². The Morgan fingerprint density at radius 2 is 1.43 bits per heavy atom. The summed E-state index contributed by atoms with van der Waals surface area (Å²) in [7, 11) is 0. The molecule has 53 heavy (non-hydrogen) atoms. The number of imide groups is 1. The molecule has 3 aliphatic carbocycles. The van der Waals surface area contributed by atoms with Crippen LogP contribution in [0.2, 0.25) is 0 Å². The summed E-state index contributed by atoms with van der Waals surface area (Å²) in [5.74, 6) is -6.86. The van der Waals surface area contributed by atoms with Crippen LogP contribution in [0.4, 0.5) is 15.8 Å². The summed E-state index contributed by atoms with van der Waals surface area (Å²) in [5, 5.41) is 11.4. The van der Waals surface area contributed by atoms with Gasteiger partial charge in [0.05, 0.1) is 36.2 Å². The van der Waals surface area contributed by atoms with Crippen molar-refractivity contribution >= 4 is 40.3 Å². The lowest BCUT2D eigenvalue weighted by Crippen LogP contribution is -2.58. The zero-order chi connectivity index (χ0) is 36.4. The Hall–Kier alpha value is -5.67. The number of nitrogens with zero attached hydrogens (tertiary/aromatic N) is 2. The molecule has 4 aromatic carbocycles. The van der Waals surface area contributed by atoms with Crippen LogP contribution in [0.15, 0.2) is 121 Å². The van der Waals surface area contributed by atoms with Gasteiger partial charge in [0.15, 0.2) is 23.1 Å². The molecule has 0 bridgehead atoms. The predicted octanol–water partition coefficient (Wildman–Crippen LogP) is 6.40. The number of aromatic hydroxyl groups is 1. The van der Waals surface area contributed by atoms with Gasteiger partial charge in [0.2, 0.25) is 11.8 Å². The minimum absolute atomic E-state index is 0.117. The van der Waals surface area contributed by atoms with Crippen molar-refractivity contribution in [1.82, 2.24) is 0 Å². The number of phenols is 1. The van der Waals surface area contributed by atoms with Crippen molar-refractivity contribution in [3.63, 3.8) is 0 Å². The highest BCUT2D eigenvalue weighted by molar-refractivity contribution is 6.32. The highest BCUT2D eigenvalue weighted by atomic mass is 19.1. The number of hydrogen-bond donors (Lipinski definition) is 1. The molecule has 0 unspecified atom stereocenters. The third-order valence-corrected chi connectivity index (χ3v) is 12.2. The van der Waals surface area contributed by atoms with E-state index in [2.05, 4.69) is 4.90 Å². The molecule has 5 aliphatic rings. The summed E-state index contributed by atoms with van der Waals surface area (Å²) >= 11 is 0. The number of fused-ring (bicyclic) bond motifs is 4. The average molecular weight is 709 g/mol.